The van der Waals surface area contributed by atoms with Crippen molar-refractivity contribution in [3.8, 4) is 28.9 Å². The standard InChI is InChI=1S/C23H18N4O5/c1-30-17-11-13-20(14-12-17)32-23-21(27(28)29)22(24-15-25-23)26-16-7-9-19(10-8-16)31-18-5-3-2-4-6-18/h2-15H,1H3,(H,24,25,26). The Bertz CT molecular complexity index is 1200. The van der Waals surface area contributed by atoms with E-state index in [4.69, 9.17) is 14.2 Å². The van der Waals surface area contributed by atoms with E-state index >= 15 is 0 Å². The van der Waals surface area contributed by atoms with E-state index in [9.17, 15) is 10.1 Å². The number of nitrogens with one attached hydrogen (secondary N) is 1. The van der Waals surface area contributed by atoms with Gasteiger partial charge in [-0.25, -0.2) is 4.98 Å². The first-order chi connectivity index (χ1) is 15.6. The van der Waals surface area contributed by atoms with E-state index < -0.39 is 4.92 Å². The van der Waals surface area contributed by atoms with Gasteiger partial charge in [0.25, 0.3) is 0 Å². The van der Waals surface area contributed by atoms with Crippen molar-refractivity contribution in [2.24, 2.45) is 0 Å². The minimum atomic E-state index is -0.589. The van der Waals surface area contributed by atoms with Crippen LogP contribution in [0.4, 0.5) is 17.2 Å². The van der Waals surface area contributed by atoms with Crippen molar-refractivity contribution in [2.75, 3.05) is 12.4 Å². The van der Waals surface area contributed by atoms with Gasteiger partial charge in [-0.05, 0) is 60.7 Å². The normalized spacial score (nSPS) is 10.3. The summed E-state index contributed by atoms with van der Waals surface area (Å²) in [6.45, 7) is 0. The summed E-state index contributed by atoms with van der Waals surface area (Å²) in [6.07, 6.45) is 1.20. The highest BCUT2D eigenvalue weighted by Crippen LogP contribution is 2.36. The average Bonchev–Trinajstić information content (AvgIpc) is 2.81. The van der Waals surface area contributed by atoms with Crippen LogP contribution in [0.1, 0.15) is 0 Å². The molecule has 32 heavy (non-hydrogen) atoms. The van der Waals surface area contributed by atoms with E-state index in [2.05, 4.69) is 15.3 Å². The number of nitrogens with zero attached hydrogens (tertiary/aromatic N) is 3. The monoisotopic (exact) mass is 430 g/mol. The van der Waals surface area contributed by atoms with Gasteiger partial charge >= 0.3 is 11.6 Å². The summed E-state index contributed by atoms with van der Waals surface area (Å²) >= 11 is 0. The Kier molecular flexibility index (Phi) is 6.08. The molecule has 9 heteroatoms. The van der Waals surface area contributed by atoms with E-state index in [0.29, 0.717) is 28.7 Å². The molecule has 9 nitrogen and oxygen atoms in total. The number of rotatable bonds is 8. The smallest absolute Gasteiger partial charge is 0.373 e. The molecule has 4 aromatic rings. The van der Waals surface area contributed by atoms with Crippen LogP contribution < -0.4 is 19.5 Å². The van der Waals surface area contributed by atoms with Crippen molar-refractivity contribution in [1.29, 1.82) is 0 Å². The highest BCUT2D eigenvalue weighted by Gasteiger charge is 2.25. The van der Waals surface area contributed by atoms with Gasteiger partial charge in [-0.3, -0.25) is 10.1 Å². The van der Waals surface area contributed by atoms with E-state index in [0.717, 1.165) is 0 Å². The molecule has 0 atom stereocenters. The van der Waals surface area contributed by atoms with Crippen molar-refractivity contribution in [3.63, 3.8) is 0 Å². The molecule has 0 aliphatic heterocycles. The Morgan fingerprint density at radius 2 is 1.38 bits per heavy atom. The van der Waals surface area contributed by atoms with Crippen molar-refractivity contribution in [3.05, 3.63) is 95.3 Å². The number of nitro groups is 1. The number of hydrogen-bond donors (Lipinski definition) is 1. The Morgan fingerprint density at radius 3 is 2.03 bits per heavy atom. The molecule has 0 radical (unpaired) electrons. The fourth-order valence-corrected chi connectivity index (χ4v) is 2.82. The van der Waals surface area contributed by atoms with Crippen LogP contribution in [0.25, 0.3) is 0 Å². The van der Waals surface area contributed by atoms with E-state index in [1.54, 1.807) is 55.6 Å². The zero-order valence-electron chi connectivity index (χ0n) is 17.0. The van der Waals surface area contributed by atoms with Gasteiger partial charge in [0.05, 0.1) is 12.0 Å². The van der Waals surface area contributed by atoms with Gasteiger partial charge in [0.15, 0.2) is 0 Å². The second-order valence-electron chi connectivity index (χ2n) is 6.48. The average molecular weight is 430 g/mol. The number of benzene rings is 3. The van der Waals surface area contributed by atoms with Crippen LogP contribution in [0.15, 0.2) is 85.2 Å². The maximum absolute atomic E-state index is 11.7. The molecule has 0 unspecified atom stereocenters. The van der Waals surface area contributed by atoms with E-state index in [-0.39, 0.29) is 17.4 Å². The largest absolute Gasteiger partial charge is 0.497 e. The first-order valence-corrected chi connectivity index (χ1v) is 9.53. The molecule has 4 rings (SSSR count). The molecule has 0 bridgehead atoms. The Hall–Kier alpha value is -4.66. The SMILES string of the molecule is COc1ccc(Oc2ncnc(Nc3ccc(Oc4ccccc4)cc3)c2[N+](=O)[O-])cc1. The Morgan fingerprint density at radius 1 is 0.781 bits per heavy atom. The van der Waals surface area contributed by atoms with Crippen LogP contribution in [0.5, 0.6) is 28.9 Å². The predicted octanol–water partition coefficient (Wildman–Crippen LogP) is 5.72. The molecule has 0 saturated heterocycles. The molecule has 1 heterocycles. The summed E-state index contributed by atoms with van der Waals surface area (Å²) in [7, 11) is 1.55. The lowest BCUT2D eigenvalue weighted by atomic mass is 10.3. The van der Waals surface area contributed by atoms with Crippen LogP contribution >= 0.6 is 0 Å². The minimum absolute atomic E-state index is 0.00485. The topological polar surface area (TPSA) is 109 Å². The van der Waals surface area contributed by atoms with Crippen LogP contribution in [-0.2, 0) is 0 Å². The molecule has 0 fully saturated rings. The first kappa shape index (κ1) is 20.6. The molecule has 0 aliphatic carbocycles. The molecule has 0 amide bonds. The van der Waals surface area contributed by atoms with Gasteiger partial charge in [0.1, 0.15) is 29.3 Å². The number of hydrogen-bond acceptors (Lipinski definition) is 8. The lowest BCUT2D eigenvalue weighted by Crippen LogP contribution is -2.03. The number of aromatic nitrogens is 2. The molecule has 3 aromatic carbocycles. The van der Waals surface area contributed by atoms with E-state index in [1.807, 2.05) is 30.3 Å². The maximum Gasteiger partial charge on any atom is 0.373 e. The Labute approximate surface area is 183 Å². The van der Waals surface area contributed by atoms with Crippen LogP contribution in [-0.4, -0.2) is 22.0 Å². The molecule has 0 saturated carbocycles. The van der Waals surface area contributed by atoms with E-state index in [1.165, 1.54) is 6.33 Å². The highest BCUT2D eigenvalue weighted by atomic mass is 16.6. The summed E-state index contributed by atoms with van der Waals surface area (Å²) in [5.74, 6) is 2.17. The second-order valence-corrected chi connectivity index (χ2v) is 6.48. The molecule has 1 aromatic heterocycles. The molecule has 1 N–H and O–H groups in total. The molecular weight excluding hydrogens is 412 g/mol. The van der Waals surface area contributed by atoms with Crippen LogP contribution in [0.3, 0.4) is 0 Å². The quantitative estimate of drug-likeness (QED) is 0.279. The summed E-state index contributed by atoms with van der Waals surface area (Å²) < 4.78 is 16.5. The molecule has 0 aliphatic rings. The molecular formula is C23H18N4O5. The highest BCUT2D eigenvalue weighted by molar-refractivity contribution is 5.69. The van der Waals surface area contributed by atoms with Gasteiger partial charge in [-0.1, -0.05) is 18.2 Å². The minimum Gasteiger partial charge on any atom is -0.497 e. The molecule has 0 spiro atoms. The van der Waals surface area contributed by atoms with Crippen molar-refractivity contribution in [2.45, 2.75) is 0 Å². The predicted molar refractivity (Wildman–Crippen MR) is 118 cm³/mol. The Balaban J connectivity index is 1.54. The second kappa shape index (κ2) is 9.43. The van der Waals surface area contributed by atoms with Gasteiger partial charge in [-0.2, -0.15) is 4.98 Å². The fourth-order valence-electron chi connectivity index (χ4n) is 2.82. The third kappa shape index (κ3) is 4.90. The van der Waals surface area contributed by atoms with Gasteiger partial charge < -0.3 is 19.5 Å². The van der Waals surface area contributed by atoms with Crippen molar-refractivity contribution >= 4 is 17.2 Å². The number of methoxy groups -OCH3 is 1. The van der Waals surface area contributed by atoms with Gasteiger partial charge in [0.2, 0.25) is 5.82 Å². The van der Waals surface area contributed by atoms with Crippen molar-refractivity contribution in [1.82, 2.24) is 9.97 Å². The number of anilines is 2. The third-order valence-electron chi connectivity index (χ3n) is 4.34. The lowest BCUT2D eigenvalue weighted by Gasteiger charge is -2.10. The summed E-state index contributed by atoms with van der Waals surface area (Å²) in [5, 5.41) is 14.7. The van der Waals surface area contributed by atoms with Gasteiger partial charge in [0, 0.05) is 5.69 Å². The zero-order chi connectivity index (χ0) is 22.3. The summed E-state index contributed by atoms with van der Waals surface area (Å²) in [6, 6.07) is 22.9. The van der Waals surface area contributed by atoms with Crippen molar-refractivity contribution < 1.29 is 19.1 Å². The lowest BCUT2D eigenvalue weighted by molar-refractivity contribution is -0.385. The number of ether oxygens (including phenoxy) is 3. The summed E-state index contributed by atoms with van der Waals surface area (Å²) in [5.41, 5.74) is 0.204. The van der Waals surface area contributed by atoms with Crippen LogP contribution in [0.2, 0.25) is 0 Å². The zero-order valence-corrected chi connectivity index (χ0v) is 17.0. The first-order valence-electron chi connectivity index (χ1n) is 9.53. The van der Waals surface area contributed by atoms with Crippen LogP contribution in [0, 0.1) is 10.1 Å². The molecule has 160 valence electrons. The summed E-state index contributed by atoms with van der Waals surface area (Å²) in [4.78, 5) is 19.1. The van der Waals surface area contributed by atoms with Gasteiger partial charge in [-0.15, -0.1) is 0 Å². The number of para-hydroxylation sites is 1. The maximum atomic E-state index is 11.7. The fraction of sp³-hybridized carbons (Fsp3) is 0.0435. The third-order valence-corrected chi connectivity index (χ3v) is 4.34.